The predicted octanol–water partition coefficient (Wildman–Crippen LogP) is 1.71. The van der Waals surface area contributed by atoms with E-state index in [1.807, 2.05) is 6.92 Å². The van der Waals surface area contributed by atoms with Crippen LogP contribution in [0.25, 0.3) is 0 Å². The zero-order valence-electron chi connectivity index (χ0n) is 5.28. The monoisotopic (exact) mass is 118 g/mol. The van der Waals surface area contributed by atoms with Crippen LogP contribution in [0.15, 0.2) is 0 Å². The molecular weight excluding hydrogens is 107 g/mol. The highest BCUT2D eigenvalue weighted by molar-refractivity contribution is 5.61. The van der Waals surface area contributed by atoms with E-state index in [4.69, 9.17) is 0 Å². The van der Waals surface area contributed by atoms with E-state index >= 15 is 0 Å². The SMILES string of the molecule is CCCC(C)(F)C=O. The van der Waals surface area contributed by atoms with Crippen LogP contribution in [-0.4, -0.2) is 12.0 Å². The number of rotatable bonds is 3. The molecule has 0 rings (SSSR count). The van der Waals surface area contributed by atoms with Gasteiger partial charge in [-0.15, -0.1) is 0 Å². The second kappa shape index (κ2) is 2.80. The summed E-state index contributed by atoms with van der Waals surface area (Å²) in [7, 11) is 0. The van der Waals surface area contributed by atoms with Gasteiger partial charge in [-0.1, -0.05) is 13.3 Å². The van der Waals surface area contributed by atoms with E-state index in [2.05, 4.69) is 0 Å². The molecule has 0 aliphatic carbocycles. The van der Waals surface area contributed by atoms with Crippen molar-refractivity contribution in [3.63, 3.8) is 0 Å². The van der Waals surface area contributed by atoms with Gasteiger partial charge in [0.2, 0.25) is 0 Å². The van der Waals surface area contributed by atoms with Crippen LogP contribution < -0.4 is 0 Å². The van der Waals surface area contributed by atoms with Gasteiger partial charge in [0.25, 0.3) is 0 Å². The maximum Gasteiger partial charge on any atom is 0.163 e. The molecule has 0 radical (unpaired) electrons. The van der Waals surface area contributed by atoms with Crippen LogP contribution in [0.2, 0.25) is 0 Å². The van der Waals surface area contributed by atoms with Gasteiger partial charge in [-0.3, -0.25) is 4.79 Å². The first-order valence-electron chi connectivity index (χ1n) is 2.77. The summed E-state index contributed by atoms with van der Waals surface area (Å²) in [5.74, 6) is 0. The lowest BCUT2D eigenvalue weighted by Gasteiger charge is -2.08. The van der Waals surface area contributed by atoms with Crippen LogP contribution >= 0.6 is 0 Å². The lowest BCUT2D eigenvalue weighted by atomic mass is 10.1. The molecule has 0 saturated carbocycles. The van der Waals surface area contributed by atoms with Gasteiger partial charge in [0, 0.05) is 0 Å². The summed E-state index contributed by atoms with van der Waals surface area (Å²) >= 11 is 0. The fraction of sp³-hybridized carbons (Fsp3) is 0.833. The summed E-state index contributed by atoms with van der Waals surface area (Å²) in [5, 5.41) is 0. The molecular formula is C6H11FO. The average Bonchev–Trinajstić information content (AvgIpc) is 1.67. The second-order valence-electron chi connectivity index (χ2n) is 2.15. The zero-order valence-corrected chi connectivity index (χ0v) is 5.28. The summed E-state index contributed by atoms with van der Waals surface area (Å²) < 4.78 is 12.5. The number of hydrogen-bond donors (Lipinski definition) is 0. The highest BCUT2D eigenvalue weighted by Gasteiger charge is 2.19. The first-order valence-corrected chi connectivity index (χ1v) is 2.77. The normalized spacial score (nSPS) is 17.4. The molecule has 0 fully saturated rings. The minimum absolute atomic E-state index is 0.330. The number of hydrogen-bond acceptors (Lipinski definition) is 1. The summed E-state index contributed by atoms with van der Waals surface area (Å²) in [5.41, 5.74) is -1.59. The third-order valence-corrected chi connectivity index (χ3v) is 0.985. The van der Waals surface area contributed by atoms with Crippen LogP contribution in [0.3, 0.4) is 0 Å². The van der Waals surface area contributed by atoms with Crippen molar-refractivity contribution in [3.8, 4) is 0 Å². The molecule has 0 bridgehead atoms. The van der Waals surface area contributed by atoms with Gasteiger partial charge >= 0.3 is 0 Å². The molecule has 0 aliphatic rings. The van der Waals surface area contributed by atoms with Gasteiger partial charge < -0.3 is 0 Å². The van der Waals surface area contributed by atoms with Crippen molar-refractivity contribution in [1.29, 1.82) is 0 Å². The molecule has 0 aromatic heterocycles. The molecule has 0 aromatic rings. The van der Waals surface area contributed by atoms with Gasteiger partial charge in [-0.05, 0) is 13.3 Å². The summed E-state index contributed by atoms with van der Waals surface area (Å²) in [6.07, 6.45) is 1.40. The quantitative estimate of drug-likeness (QED) is 0.515. The lowest BCUT2D eigenvalue weighted by molar-refractivity contribution is -0.117. The van der Waals surface area contributed by atoms with E-state index < -0.39 is 5.67 Å². The fourth-order valence-corrected chi connectivity index (χ4v) is 0.548. The van der Waals surface area contributed by atoms with Crippen LogP contribution in [0.1, 0.15) is 26.7 Å². The van der Waals surface area contributed by atoms with Crippen molar-refractivity contribution >= 4 is 6.29 Å². The minimum Gasteiger partial charge on any atom is -0.300 e. The van der Waals surface area contributed by atoms with Crippen molar-refractivity contribution < 1.29 is 9.18 Å². The molecule has 0 saturated heterocycles. The van der Waals surface area contributed by atoms with E-state index in [9.17, 15) is 9.18 Å². The number of alkyl halides is 1. The van der Waals surface area contributed by atoms with Crippen molar-refractivity contribution in [1.82, 2.24) is 0 Å². The van der Waals surface area contributed by atoms with Crippen LogP contribution in [-0.2, 0) is 4.79 Å². The van der Waals surface area contributed by atoms with Gasteiger partial charge in [0.1, 0.15) is 0 Å². The third-order valence-electron chi connectivity index (χ3n) is 0.985. The van der Waals surface area contributed by atoms with Gasteiger partial charge in [-0.2, -0.15) is 0 Å². The molecule has 0 N–H and O–H groups in total. The Morgan fingerprint density at radius 3 is 2.38 bits per heavy atom. The zero-order chi connectivity index (χ0) is 6.62. The van der Waals surface area contributed by atoms with Gasteiger partial charge in [0.05, 0.1) is 0 Å². The van der Waals surface area contributed by atoms with E-state index in [0.29, 0.717) is 19.1 Å². The lowest BCUT2D eigenvalue weighted by Crippen LogP contribution is -2.18. The Balaban J connectivity index is 3.53. The maximum atomic E-state index is 12.5. The second-order valence-corrected chi connectivity index (χ2v) is 2.15. The van der Waals surface area contributed by atoms with Gasteiger partial charge in [0.15, 0.2) is 12.0 Å². The number of carbonyl (C=O) groups is 1. The van der Waals surface area contributed by atoms with E-state index in [0.717, 1.165) is 0 Å². The molecule has 48 valence electrons. The smallest absolute Gasteiger partial charge is 0.163 e. The predicted molar refractivity (Wildman–Crippen MR) is 30.5 cm³/mol. The molecule has 0 amide bonds. The highest BCUT2D eigenvalue weighted by Crippen LogP contribution is 2.12. The van der Waals surface area contributed by atoms with Crippen LogP contribution in [0.4, 0.5) is 4.39 Å². The topological polar surface area (TPSA) is 17.1 Å². The fourth-order valence-electron chi connectivity index (χ4n) is 0.548. The van der Waals surface area contributed by atoms with E-state index in [1.165, 1.54) is 6.92 Å². The molecule has 0 aliphatic heterocycles. The van der Waals surface area contributed by atoms with Crippen LogP contribution in [0, 0.1) is 0 Å². The number of aldehydes is 1. The Morgan fingerprint density at radius 1 is 1.75 bits per heavy atom. The molecule has 1 atom stereocenters. The largest absolute Gasteiger partial charge is 0.300 e. The molecule has 1 nitrogen and oxygen atoms in total. The van der Waals surface area contributed by atoms with Crippen molar-refractivity contribution in [2.24, 2.45) is 0 Å². The maximum absolute atomic E-state index is 12.5. The summed E-state index contributed by atoms with van der Waals surface area (Å²) in [6.45, 7) is 3.14. The number of halogens is 1. The molecule has 0 heterocycles. The Hall–Kier alpha value is -0.400. The Kier molecular flexibility index (Phi) is 2.66. The standard InChI is InChI=1S/C6H11FO/c1-3-4-6(2,7)5-8/h5H,3-4H2,1-2H3. The van der Waals surface area contributed by atoms with Crippen molar-refractivity contribution in [3.05, 3.63) is 0 Å². The third kappa shape index (κ3) is 2.72. The molecule has 0 spiro atoms. The van der Waals surface area contributed by atoms with Crippen LogP contribution in [0.5, 0.6) is 0 Å². The minimum atomic E-state index is -1.59. The molecule has 2 heteroatoms. The molecule has 8 heavy (non-hydrogen) atoms. The first kappa shape index (κ1) is 7.60. The molecule has 1 unspecified atom stereocenters. The van der Waals surface area contributed by atoms with Crippen molar-refractivity contribution in [2.75, 3.05) is 0 Å². The Labute approximate surface area is 48.9 Å². The van der Waals surface area contributed by atoms with Gasteiger partial charge in [-0.25, -0.2) is 4.39 Å². The average molecular weight is 118 g/mol. The Bertz CT molecular complexity index is 78.6. The van der Waals surface area contributed by atoms with E-state index in [1.54, 1.807) is 0 Å². The number of carbonyl (C=O) groups excluding carboxylic acids is 1. The summed E-state index contributed by atoms with van der Waals surface area (Å²) in [4.78, 5) is 9.84. The van der Waals surface area contributed by atoms with E-state index in [-0.39, 0.29) is 0 Å². The van der Waals surface area contributed by atoms with Crippen molar-refractivity contribution in [2.45, 2.75) is 32.4 Å². The Morgan fingerprint density at radius 2 is 2.25 bits per heavy atom. The highest BCUT2D eigenvalue weighted by atomic mass is 19.1. The summed E-state index contributed by atoms with van der Waals surface area (Å²) in [6, 6.07) is 0. The molecule has 0 aromatic carbocycles. The first-order chi connectivity index (χ1) is 3.62.